The maximum atomic E-state index is 11.7. The van der Waals surface area contributed by atoms with Gasteiger partial charge in [-0.25, -0.2) is 13.6 Å². The third-order valence-corrected chi connectivity index (χ3v) is 5.04. The zero-order valence-electron chi connectivity index (χ0n) is 11.1. The second-order valence-electron chi connectivity index (χ2n) is 4.68. The van der Waals surface area contributed by atoms with Crippen molar-refractivity contribution in [3.05, 3.63) is 17.0 Å². The molecule has 0 unspecified atom stereocenters. The van der Waals surface area contributed by atoms with Gasteiger partial charge in [-0.3, -0.25) is 4.79 Å². The normalized spacial score (nSPS) is 12.4. The molecule has 1 amide bonds. The van der Waals surface area contributed by atoms with E-state index in [-0.39, 0.29) is 16.5 Å². The van der Waals surface area contributed by atoms with Crippen molar-refractivity contribution in [2.75, 3.05) is 13.7 Å². The lowest BCUT2D eigenvalue weighted by molar-refractivity contribution is -0.121. The van der Waals surface area contributed by atoms with Gasteiger partial charge in [-0.2, -0.15) is 0 Å². The van der Waals surface area contributed by atoms with Crippen LogP contribution in [0.3, 0.4) is 0 Å². The summed E-state index contributed by atoms with van der Waals surface area (Å²) in [5, 5.41) is 7.73. The highest BCUT2D eigenvalue weighted by Gasteiger charge is 2.18. The molecule has 8 heteroatoms. The van der Waals surface area contributed by atoms with Crippen LogP contribution < -0.4 is 10.5 Å². The number of methoxy groups -OCH3 is 1. The molecule has 108 valence electrons. The average molecular weight is 306 g/mol. The SMILES string of the molecule is COC(C)(C)CNC(=O)Cc1ccc(S(N)(=O)=O)s1. The average Bonchev–Trinajstić information content (AvgIpc) is 2.75. The number of hydrogen-bond acceptors (Lipinski definition) is 5. The van der Waals surface area contributed by atoms with Gasteiger partial charge in [-0.05, 0) is 26.0 Å². The Hall–Kier alpha value is -0.960. The van der Waals surface area contributed by atoms with Crippen molar-refractivity contribution < 1.29 is 17.9 Å². The molecule has 19 heavy (non-hydrogen) atoms. The van der Waals surface area contributed by atoms with Gasteiger partial charge in [-0.15, -0.1) is 11.3 Å². The van der Waals surface area contributed by atoms with Gasteiger partial charge in [0.25, 0.3) is 0 Å². The van der Waals surface area contributed by atoms with Crippen molar-refractivity contribution in [1.82, 2.24) is 5.32 Å². The van der Waals surface area contributed by atoms with E-state index in [1.807, 2.05) is 13.8 Å². The fourth-order valence-electron chi connectivity index (χ4n) is 1.21. The molecule has 0 aliphatic carbocycles. The second-order valence-corrected chi connectivity index (χ2v) is 7.64. The van der Waals surface area contributed by atoms with E-state index in [2.05, 4.69) is 5.32 Å². The zero-order valence-corrected chi connectivity index (χ0v) is 12.7. The van der Waals surface area contributed by atoms with E-state index in [4.69, 9.17) is 9.88 Å². The van der Waals surface area contributed by atoms with Gasteiger partial charge in [0.1, 0.15) is 4.21 Å². The van der Waals surface area contributed by atoms with Crippen LogP contribution in [0.2, 0.25) is 0 Å². The molecule has 0 saturated heterocycles. The molecule has 0 radical (unpaired) electrons. The van der Waals surface area contributed by atoms with E-state index >= 15 is 0 Å². The number of primary sulfonamides is 1. The van der Waals surface area contributed by atoms with E-state index in [0.29, 0.717) is 11.4 Å². The van der Waals surface area contributed by atoms with Gasteiger partial charge in [-0.1, -0.05) is 0 Å². The number of rotatable bonds is 6. The monoisotopic (exact) mass is 306 g/mol. The first kappa shape index (κ1) is 16.1. The number of sulfonamides is 1. The highest BCUT2D eigenvalue weighted by Crippen LogP contribution is 2.20. The molecule has 0 spiro atoms. The van der Waals surface area contributed by atoms with E-state index in [9.17, 15) is 13.2 Å². The largest absolute Gasteiger partial charge is 0.377 e. The Labute approximate surface area is 117 Å². The Morgan fingerprint density at radius 3 is 2.58 bits per heavy atom. The summed E-state index contributed by atoms with van der Waals surface area (Å²) < 4.78 is 27.4. The first-order chi connectivity index (χ1) is 8.64. The molecule has 1 aromatic heterocycles. The number of thiophene rings is 1. The minimum Gasteiger partial charge on any atom is -0.377 e. The van der Waals surface area contributed by atoms with Crippen LogP contribution in [-0.2, 0) is 26.0 Å². The van der Waals surface area contributed by atoms with E-state index < -0.39 is 15.6 Å². The Bertz CT molecular complexity index is 549. The van der Waals surface area contributed by atoms with Gasteiger partial charge in [0, 0.05) is 18.5 Å². The van der Waals surface area contributed by atoms with Crippen molar-refractivity contribution in [3.8, 4) is 0 Å². The number of nitrogens with two attached hydrogens (primary N) is 1. The minimum absolute atomic E-state index is 0.0625. The minimum atomic E-state index is -3.69. The third kappa shape index (κ3) is 5.27. The predicted molar refractivity (Wildman–Crippen MR) is 73.5 cm³/mol. The molecule has 0 bridgehead atoms. The summed E-state index contributed by atoms with van der Waals surface area (Å²) >= 11 is 1.00. The Morgan fingerprint density at radius 1 is 1.47 bits per heavy atom. The molecule has 0 atom stereocenters. The molecular weight excluding hydrogens is 288 g/mol. The Balaban J connectivity index is 2.56. The zero-order chi connectivity index (χ0) is 14.7. The van der Waals surface area contributed by atoms with Gasteiger partial charge in [0.05, 0.1) is 12.0 Å². The summed E-state index contributed by atoms with van der Waals surface area (Å²) in [7, 11) is -2.12. The number of ether oxygens (including phenoxy) is 1. The molecule has 1 rings (SSSR count). The summed E-state index contributed by atoms with van der Waals surface area (Å²) in [6.07, 6.45) is 0.125. The number of carbonyl (C=O) groups excluding carboxylic acids is 1. The molecule has 6 nitrogen and oxygen atoms in total. The number of carbonyl (C=O) groups is 1. The van der Waals surface area contributed by atoms with E-state index in [0.717, 1.165) is 11.3 Å². The summed E-state index contributed by atoms with van der Waals surface area (Å²) in [4.78, 5) is 12.3. The molecular formula is C11H18N2O4S2. The quantitative estimate of drug-likeness (QED) is 0.798. The second kappa shape index (κ2) is 6.00. The first-order valence-corrected chi connectivity index (χ1v) is 7.94. The van der Waals surface area contributed by atoms with E-state index in [1.165, 1.54) is 6.07 Å². The lowest BCUT2D eigenvalue weighted by atomic mass is 10.1. The molecule has 0 saturated carbocycles. The van der Waals surface area contributed by atoms with Crippen LogP contribution in [-0.4, -0.2) is 33.6 Å². The number of amides is 1. The molecule has 1 aromatic rings. The van der Waals surface area contributed by atoms with E-state index in [1.54, 1.807) is 13.2 Å². The van der Waals surface area contributed by atoms with Crippen molar-refractivity contribution in [2.45, 2.75) is 30.1 Å². The lowest BCUT2D eigenvalue weighted by Crippen LogP contribution is -2.40. The maximum Gasteiger partial charge on any atom is 0.247 e. The van der Waals surface area contributed by atoms with Crippen LogP contribution in [0.4, 0.5) is 0 Å². The van der Waals surface area contributed by atoms with Crippen LogP contribution in [0.25, 0.3) is 0 Å². The van der Waals surface area contributed by atoms with Crippen molar-refractivity contribution in [3.63, 3.8) is 0 Å². The predicted octanol–water partition coefficient (Wildman–Crippen LogP) is 0.479. The third-order valence-electron chi connectivity index (χ3n) is 2.52. The van der Waals surface area contributed by atoms with Crippen LogP contribution in [0, 0.1) is 0 Å². The Kier molecular flexibility index (Phi) is 5.08. The van der Waals surface area contributed by atoms with Gasteiger partial charge >= 0.3 is 0 Å². The molecule has 0 aromatic carbocycles. The first-order valence-electron chi connectivity index (χ1n) is 5.57. The van der Waals surface area contributed by atoms with Crippen LogP contribution in [0.15, 0.2) is 16.3 Å². The molecule has 0 aliphatic rings. The Morgan fingerprint density at radius 2 is 2.11 bits per heavy atom. The van der Waals surface area contributed by atoms with Gasteiger partial charge < -0.3 is 10.1 Å². The highest BCUT2D eigenvalue weighted by atomic mass is 32.2. The smallest absolute Gasteiger partial charge is 0.247 e. The molecule has 0 aliphatic heterocycles. The maximum absolute atomic E-state index is 11.7. The number of hydrogen-bond donors (Lipinski definition) is 2. The summed E-state index contributed by atoms with van der Waals surface area (Å²) in [5.74, 6) is -0.187. The summed E-state index contributed by atoms with van der Waals surface area (Å²) in [6.45, 7) is 4.10. The molecule has 0 fully saturated rings. The summed E-state index contributed by atoms with van der Waals surface area (Å²) in [6, 6.07) is 2.99. The molecule has 3 N–H and O–H groups in total. The van der Waals surface area contributed by atoms with Crippen LogP contribution in [0.1, 0.15) is 18.7 Å². The lowest BCUT2D eigenvalue weighted by Gasteiger charge is -2.22. The fourth-order valence-corrected chi connectivity index (χ4v) is 2.99. The van der Waals surface area contributed by atoms with Gasteiger partial charge in [0.15, 0.2) is 0 Å². The fraction of sp³-hybridized carbons (Fsp3) is 0.545. The molecule has 1 heterocycles. The standard InChI is InChI=1S/C11H18N2O4S2/c1-11(2,17-3)7-13-9(14)6-8-4-5-10(18-8)19(12,15)16/h4-5H,6-7H2,1-3H3,(H,13,14)(H2,12,15,16). The van der Waals surface area contributed by atoms with Crippen molar-refractivity contribution in [1.29, 1.82) is 0 Å². The van der Waals surface area contributed by atoms with Crippen molar-refractivity contribution in [2.24, 2.45) is 5.14 Å². The summed E-state index contributed by atoms with van der Waals surface area (Å²) in [5.41, 5.74) is -0.434. The number of nitrogens with one attached hydrogen (secondary N) is 1. The highest BCUT2D eigenvalue weighted by molar-refractivity contribution is 7.91. The topological polar surface area (TPSA) is 98.5 Å². The van der Waals surface area contributed by atoms with Crippen LogP contribution in [0.5, 0.6) is 0 Å². The van der Waals surface area contributed by atoms with Gasteiger partial charge in [0.2, 0.25) is 15.9 Å². The van der Waals surface area contributed by atoms with Crippen molar-refractivity contribution >= 4 is 27.3 Å². The van der Waals surface area contributed by atoms with Crippen LogP contribution >= 0.6 is 11.3 Å².